The first-order valence-electron chi connectivity index (χ1n) is 8.46. The van der Waals surface area contributed by atoms with Crippen LogP contribution in [0.15, 0.2) is 48.8 Å². The molecule has 1 amide bonds. The molecule has 1 aromatic carbocycles. The van der Waals surface area contributed by atoms with Crippen LogP contribution in [0, 0.1) is 0 Å². The minimum absolute atomic E-state index is 0.106. The molecule has 5 nitrogen and oxygen atoms in total. The predicted molar refractivity (Wildman–Crippen MR) is 98.8 cm³/mol. The highest BCUT2D eigenvalue weighted by molar-refractivity contribution is 7.93. The molecule has 0 saturated carbocycles. The van der Waals surface area contributed by atoms with Crippen molar-refractivity contribution in [3.63, 3.8) is 0 Å². The van der Waals surface area contributed by atoms with Crippen molar-refractivity contribution in [3.05, 3.63) is 54.4 Å². The van der Waals surface area contributed by atoms with E-state index in [0.717, 1.165) is 5.69 Å². The summed E-state index contributed by atoms with van der Waals surface area (Å²) in [5, 5.41) is -0.476. The monoisotopic (exact) mass is 360 g/mol. The Morgan fingerprint density at radius 2 is 1.68 bits per heavy atom. The van der Waals surface area contributed by atoms with E-state index in [1.54, 1.807) is 37.8 Å². The molecule has 1 aromatic heterocycles. The van der Waals surface area contributed by atoms with Crippen LogP contribution in [0.4, 0.5) is 0 Å². The molecule has 3 rings (SSSR count). The van der Waals surface area contributed by atoms with E-state index in [-0.39, 0.29) is 12.5 Å². The highest BCUT2D eigenvalue weighted by atomic mass is 32.2. The predicted octanol–water partition coefficient (Wildman–Crippen LogP) is 2.91. The van der Waals surface area contributed by atoms with Crippen LogP contribution in [0.1, 0.15) is 37.6 Å². The van der Waals surface area contributed by atoms with Crippen LogP contribution >= 0.6 is 0 Å². The standard InChI is InChI=1S/C19H24N2O3S/c1-19(2,3)25(23,24)17-10-13-21(14-17)18(22)15-6-8-16(9-7-15)20-11-4-5-12-20/h4-9,11-12,17H,10,13-14H2,1-3H3/t17-/m1/s1. The summed E-state index contributed by atoms with van der Waals surface area (Å²) in [4.78, 5) is 14.3. The van der Waals surface area contributed by atoms with Gasteiger partial charge in [0.05, 0.1) is 10.00 Å². The van der Waals surface area contributed by atoms with Crippen molar-refractivity contribution in [3.8, 4) is 5.69 Å². The summed E-state index contributed by atoms with van der Waals surface area (Å²) < 4.78 is 26.4. The average molecular weight is 360 g/mol. The van der Waals surface area contributed by atoms with E-state index in [1.807, 2.05) is 41.2 Å². The lowest BCUT2D eigenvalue weighted by atomic mass is 10.2. The zero-order valence-electron chi connectivity index (χ0n) is 14.8. The Labute approximate surface area is 149 Å². The van der Waals surface area contributed by atoms with E-state index in [2.05, 4.69) is 0 Å². The third kappa shape index (κ3) is 3.35. The lowest BCUT2D eigenvalue weighted by Gasteiger charge is -2.24. The van der Waals surface area contributed by atoms with Crippen molar-refractivity contribution in [2.45, 2.75) is 37.2 Å². The number of aromatic nitrogens is 1. The van der Waals surface area contributed by atoms with Gasteiger partial charge in [-0.05, 0) is 63.6 Å². The number of carbonyl (C=O) groups is 1. The Hall–Kier alpha value is -2.08. The van der Waals surface area contributed by atoms with Gasteiger partial charge < -0.3 is 9.47 Å². The summed E-state index contributed by atoms with van der Waals surface area (Å²) in [6.07, 6.45) is 4.39. The maximum atomic E-state index is 12.7. The highest BCUT2D eigenvalue weighted by Crippen LogP contribution is 2.28. The summed E-state index contributed by atoms with van der Waals surface area (Å²) in [6.45, 7) is 5.91. The average Bonchev–Trinajstić information content (AvgIpc) is 3.25. The first-order valence-corrected chi connectivity index (χ1v) is 10.0. The maximum absolute atomic E-state index is 12.7. The lowest BCUT2D eigenvalue weighted by Crippen LogP contribution is -2.39. The Morgan fingerprint density at radius 1 is 1.08 bits per heavy atom. The van der Waals surface area contributed by atoms with Gasteiger partial charge in [0.15, 0.2) is 9.84 Å². The third-order valence-corrected chi connectivity index (χ3v) is 7.71. The number of sulfone groups is 1. The number of hydrogen-bond acceptors (Lipinski definition) is 3. The fourth-order valence-corrected chi connectivity index (χ4v) is 4.92. The topological polar surface area (TPSA) is 59.4 Å². The van der Waals surface area contributed by atoms with E-state index in [1.165, 1.54) is 0 Å². The molecule has 0 aliphatic carbocycles. The first-order chi connectivity index (χ1) is 11.7. The van der Waals surface area contributed by atoms with Crippen LogP contribution in [0.3, 0.4) is 0 Å². The Bertz CT molecular complexity index is 847. The molecule has 0 spiro atoms. The van der Waals surface area contributed by atoms with Gasteiger partial charge in [-0.25, -0.2) is 8.42 Å². The van der Waals surface area contributed by atoms with E-state index in [9.17, 15) is 13.2 Å². The molecule has 2 heterocycles. The van der Waals surface area contributed by atoms with E-state index in [0.29, 0.717) is 18.5 Å². The molecular weight excluding hydrogens is 336 g/mol. The zero-order chi connectivity index (χ0) is 18.2. The molecular formula is C19H24N2O3S. The van der Waals surface area contributed by atoms with Crippen molar-refractivity contribution in [2.75, 3.05) is 13.1 Å². The molecule has 1 aliphatic heterocycles. The fraction of sp³-hybridized carbons (Fsp3) is 0.421. The van der Waals surface area contributed by atoms with Gasteiger partial charge in [-0.3, -0.25) is 4.79 Å². The van der Waals surface area contributed by atoms with Gasteiger partial charge in [-0.2, -0.15) is 0 Å². The Kier molecular flexibility index (Phi) is 4.49. The number of hydrogen-bond donors (Lipinski definition) is 0. The maximum Gasteiger partial charge on any atom is 0.253 e. The van der Waals surface area contributed by atoms with Crippen molar-refractivity contribution in [1.29, 1.82) is 0 Å². The molecule has 1 saturated heterocycles. The number of carbonyl (C=O) groups excluding carboxylic acids is 1. The lowest BCUT2D eigenvalue weighted by molar-refractivity contribution is 0.0793. The van der Waals surface area contributed by atoms with Crippen LogP contribution in [0.2, 0.25) is 0 Å². The molecule has 2 aromatic rings. The van der Waals surface area contributed by atoms with Crippen LogP contribution in [-0.2, 0) is 9.84 Å². The second-order valence-corrected chi connectivity index (χ2v) is 10.4. The molecule has 6 heteroatoms. The van der Waals surface area contributed by atoms with Gasteiger partial charge in [-0.15, -0.1) is 0 Å². The zero-order valence-corrected chi connectivity index (χ0v) is 15.7. The van der Waals surface area contributed by atoms with E-state index in [4.69, 9.17) is 0 Å². The van der Waals surface area contributed by atoms with Crippen molar-refractivity contribution in [1.82, 2.24) is 9.47 Å². The van der Waals surface area contributed by atoms with Crippen LogP contribution in [0.5, 0.6) is 0 Å². The number of nitrogens with zero attached hydrogens (tertiary/aromatic N) is 2. The van der Waals surface area contributed by atoms with Crippen LogP contribution < -0.4 is 0 Å². The number of rotatable bonds is 3. The molecule has 1 fully saturated rings. The Balaban J connectivity index is 1.72. The normalized spacial score (nSPS) is 18.5. The van der Waals surface area contributed by atoms with E-state index < -0.39 is 19.8 Å². The van der Waals surface area contributed by atoms with Gasteiger partial charge in [0, 0.05) is 36.7 Å². The molecule has 25 heavy (non-hydrogen) atoms. The number of likely N-dealkylation sites (tertiary alicyclic amines) is 1. The summed E-state index contributed by atoms with van der Waals surface area (Å²) in [7, 11) is -3.26. The SMILES string of the molecule is CC(C)(C)S(=O)(=O)[C@@H]1CCN(C(=O)c2ccc(-n3cccc3)cc2)C1. The van der Waals surface area contributed by atoms with Crippen LogP contribution in [0.25, 0.3) is 5.69 Å². The summed E-state index contributed by atoms with van der Waals surface area (Å²) in [5.74, 6) is -0.106. The second-order valence-electron chi connectivity index (χ2n) is 7.46. The smallest absolute Gasteiger partial charge is 0.253 e. The molecule has 0 bridgehead atoms. The third-order valence-electron chi connectivity index (χ3n) is 4.74. The quantitative estimate of drug-likeness (QED) is 0.846. The highest BCUT2D eigenvalue weighted by Gasteiger charge is 2.41. The molecule has 1 aliphatic rings. The fourth-order valence-electron chi connectivity index (χ4n) is 3.13. The van der Waals surface area contributed by atoms with Gasteiger partial charge in [0.2, 0.25) is 0 Å². The van der Waals surface area contributed by atoms with Gasteiger partial charge >= 0.3 is 0 Å². The van der Waals surface area contributed by atoms with Gasteiger partial charge in [-0.1, -0.05) is 0 Å². The number of benzene rings is 1. The first kappa shape index (κ1) is 17.7. The molecule has 1 atom stereocenters. The molecule has 134 valence electrons. The number of amides is 1. The van der Waals surface area contributed by atoms with Crippen LogP contribution in [-0.4, -0.2) is 46.9 Å². The minimum Gasteiger partial charge on any atom is -0.337 e. The van der Waals surface area contributed by atoms with Crippen molar-refractivity contribution < 1.29 is 13.2 Å². The summed E-state index contributed by atoms with van der Waals surface area (Å²) >= 11 is 0. The summed E-state index contributed by atoms with van der Waals surface area (Å²) in [6, 6.07) is 11.3. The van der Waals surface area contributed by atoms with Crippen molar-refractivity contribution in [2.24, 2.45) is 0 Å². The molecule has 0 N–H and O–H groups in total. The van der Waals surface area contributed by atoms with E-state index >= 15 is 0 Å². The molecule has 0 radical (unpaired) electrons. The Morgan fingerprint density at radius 3 is 2.24 bits per heavy atom. The van der Waals surface area contributed by atoms with Crippen molar-refractivity contribution >= 4 is 15.7 Å². The summed E-state index contributed by atoms with van der Waals surface area (Å²) in [5.41, 5.74) is 1.57. The van der Waals surface area contributed by atoms with Gasteiger partial charge in [0.25, 0.3) is 5.91 Å². The van der Waals surface area contributed by atoms with Gasteiger partial charge in [0.1, 0.15) is 0 Å². The minimum atomic E-state index is -3.26. The molecule has 0 unspecified atom stereocenters. The second kappa shape index (κ2) is 6.33. The largest absolute Gasteiger partial charge is 0.337 e.